The maximum atomic E-state index is 4.99. The topological polar surface area (TPSA) is 45.7 Å². The van der Waals surface area contributed by atoms with Crippen LogP contribution in [0.25, 0.3) is 0 Å². The third-order valence-electron chi connectivity index (χ3n) is 2.09. The van der Waals surface area contributed by atoms with Crippen LogP contribution in [-0.4, -0.2) is 33.3 Å². The molecule has 0 fully saturated rings. The lowest BCUT2D eigenvalue weighted by Gasteiger charge is -2.10. The van der Waals surface area contributed by atoms with Crippen LogP contribution in [0.2, 0.25) is 0 Å². The van der Waals surface area contributed by atoms with Crippen LogP contribution < -0.4 is 10.6 Å². The third-order valence-corrected chi connectivity index (χ3v) is 3.79. The van der Waals surface area contributed by atoms with Gasteiger partial charge >= 0.3 is 0 Å². The second kappa shape index (κ2) is 11.0. The lowest BCUT2D eigenvalue weighted by molar-refractivity contribution is 0.195. The smallest absolute Gasteiger partial charge is 0.191 e. The van der Waals surface area contributed by atoms with E-state index in [1.54, 1.807) is 25.5 Å². The summed E-state index contributed by atoms with van der Waals surface area (Å²) in [6, 6.07) is 2.11. The van der Waals surface area contributed by atoms with Crippen molar-refractivity contribution in [2.45, 2.75) is 13.0 Å². The molecule has 0 radical (unpaired) electrons. The van der Waals surface area contributed by atoms with Crippen molar-refractivity contribution in [3.8, 4) is 0 Å². The molecule has 1 aromatic heterocycles. The molecule has 0 saturated heterocycles. The van der Waals surface area contributed by atoms with Crippen molar-refractivity contribution in [1.29, 1.82) is 0 Å². The van der Waals surface area contributed by atoms with Crippen molar-refractivity contribution in [3.05, 3.63) is 20.8 Å². The Hall–Kier alpha value is 0.140. The van der Waals surface area contributed by atoms with Crippen LogP contribution in [0.3, 0.4) is 0 Å². The summed E-state index contributed by atoms with van der Waals surface area (Å²) in [4.78, 5) is 5.43. The first kappa shape index (κ1) is 18.1. The minimum Gasteiger partial charge on any atom is -0.385 e. The number of halogens is 2. The Morgan fingerprint density at radius 3 is 2.83 bits per heavy atom. The molecule has 0 spiro atoms. The van der Waals surface area contributed by atoms with E-state index in [1.807, 2.05) is 0 Å². The molecule has 0 unspecified atom stereocenters. The van der Waals surface area contributed by atoms with E-state index in [1.165, 1.54) is 4.88 Å². The number of thiophene rings is 1. The van der Waals surface area contributed by atoms with E-state index in [0.717, 1.165) is 36.5 Å². The van der Waals surface area contributed by atoms with Gasteiger partial charge in [0.25, 0.3) is 0 Å². The Kier molecular flexibility index (Phi) is 11.1. The van der Waals surface area contributed by atoms with Crippen molar-refractivity contribution in [3.63, 3.8) is 0 Å². The molecule has 0 saturated carbocycles. The summed E-state index contributed by atoms with van der Waals surface area (Å²) in [6.45, 7) is 2.42. The molecule has 0 aliphatic carbocycles. The second-order valence-corrected chi connectivity index (χ2v) is 5.34. The van der Waals surface area contributed by atoms with E-state index in [2.05, 4.69) is 43.0 Å². The van der Waals surface area contributed by atoms with Gasteiger partial charge in [-0.15, -0.1) is 35.3 Å². The average Bonchev–Trinajstić information content (AvgIpc) is 2.74. The zero-order chi connectivity index (χ0) is 12.5. The van der Waals surface area contributed by atoms with Crippen LogP contribution in [0.1, 0.15) is 11.3 Å². The van der Waals surface area contributed by atoms with Crippen LogP contribution in [0.5, 0.6) is 0 Å². The number of rotatable bonds is 6. The normalized spacial score (nSPS) is 10.9. The monoisotopic (exact) mass is 447 g/mol. The van der Waals surface area contributed by atoms with Gasteiger partial charge in [-0.25, -0.2) is 0 Å². The number of guanidine groups is 1. The molecule has 0 bridgehead atoms. The number of nitrogens with zero attached hydrogens (tertiary/aromatic N) is 1. The van der Waals surface area contributed by atoms with Crippen LogP contribution in [0.15, 0.2) is 20.9 Å². The highest BCUT2D eigenvalue weighted by atomic mass is 127. The summed E-state index contributed by atoms with van der Waals surface area (Å²) in [5, 5.41) is 8.57. The largest absolute Gasteiger partial charge is 0.385 e. The van der Waals surface area contributed by atoms with E-state index in [9.17, 15) is 0 Å². The Morgan fingerprint density at radius 2 is 2.28 bits per heavy atom. The number of nitrogens with one attached hydrogen (secondary N) is 2. The molecule has 1 aromatic rings. The maximum Gasteiger partial charge on any atom is 0.191 e. The van der Waals surface area contributed by atoms with E-state index < -0.39 is 0 Å². The standard InChI is InChI=1S/C11H18BrN3OS.HI/c1-13-11(14-4-3-5-16-2)15-7-10-6-9(12)8-17-10;/h6,8H,3-5,7H2,1-2H3,(H2,13,14,15);1H. The van der Waals surface area contributed by atoms with Crippen molar-refractivity contribution in [2.75, 3.05) is 27.3 Å². The van der Waals surface area contributed by atoms with Crippen molar-refractivity contribution in [2.24, 2.45) is 4.99 Å². The van der Waals surface area contributed by atoms with E-state index in [0.29, 0.717) is 0 Å². The first-order valence-electron chi connectivity index (χ1n) is 5.42. The van der Waals surface area contributed by atoms with Gasteiger partial charge in [-0.2, -0.15) is 0 Å². The predicted octanol–water partition coefficient (Wildman–Crippen LogP) is 2.83. The van der Waals surface area contributed by atoms with Gasteiger partial charge in [-0.1, -0.05) is 0 Å². The minimum absolute atomic E-state index is 0. The third kappa shape index (κ3) is 7.55. The fraction of sp³-hybridized carbons (Fsp3) is 0.545. The summed E-state index contributed by atoms with van der Waals surface area (Å²) < 4.78 is 6.11. The Balaban J connectivity index is 0.00000289. The highest BCUT2D eigenvalue weighted by molar-refractivity contribution is 14.0. The summed E-state index contributed by atoms with van der Waals surface area (Å²) in [6.07, 6.45) is 0.974. The van der Waals surface area contributed by atoms with Crippen molar-refractivity contribution >= 4 is 57.2 Å². The van der Waals surface area contributed by atoms with Gasteiger partial charge in [-0.3, -0.25) is 4.99 Å². The highest BCUT2D eigenvalue weighted by Crippen LogP contribution is 2.19. The van der Waals surface area contributed by atoms with Gasteiger partial charge in [0.2, 0.25) is 0 Å². The van der Waals surface area contributed by atoms with Gasteiger partial charge < -0.3 is 15.4 Å². The Labute approximate surface area is 138 Å². The number of hydrogen-bond acceptors (Lipinski definition) is 3. The van der Waals surface area contributed by atoms with E-state index in [-0.39, 0.29) is 24.0 Å². The van der Waals surface area contributed by atoms with Gasteiger partial charge in [0.1, 0.15) is 0 Å². The maximum absolute atomic E-state index is 4.99. The molecule has 1 heterocycles. The zero-order valence-corrected chi connectivity index (χ0v) is 15.3. The van der Waals surface area contributed by atoms with Crippen LogP contribution >= 0.6 is 51.2 Å². The summed E-state index contributed by atoms with van der Waals surface area (Å²) in [5.41, 5.74) is 0. The minimum atomic E-state index is 0. The number of methoxy groups -OCH3 is 1. The molecule has 0 atom stereocenters. The fourth-order valence-electron chi connectivity index (χ4n) is 1.26. The number of hydrogen-bond donors (Lipinski definition) is 2. The van der Waals surface area contributed by atoms with Crippen LogP contribution in [-0.2, 0) is 11.3 Å². The van der Waals surface area contributed by atoms with E-state index in [4.69, 9.17) is 4.74 Å². The quantitative estimate of drug-likeness (QED) is 0.305. The van der Waals surface area contributed by atoms with Crippen molar-refractivity contribution < 1.29 is 4.74 Å². The molecule has 2 N–H and O–H groups in total. The lowest BCUT2D eigenvalue weighted by atomic mass is 10.4. The number of aliphatic imine (C=N–C) groups is 1. The molecule has 4 nitrogen and oxygen atoms in total. The zero-order valence-electron chi connectivity index (χ0n) is 10.5. The summed E-state index contributed by atoms with van der Waals surface area (Å²) in [7, 11) is 3.48. The molecule has 0 amide bonds. The average molecular weight is 448 g/mol. The van der Waals surface area contributed by atoms with Crippen LogP contribution in [0.4, 0.5) is 0 Å². The fourth-order valence-corrected chi connectivity index (χ4v) is 2.65. The highest BCUT2D eigenvalue weighted by Gasteiger charge is 2.00. The molecule has 18 heavy (non-hydrogen) atoms. The van der Waals surface area contributed by atoms with Crippen LogP contribution in [0, 0.1) is 0 Å². The van der Waals surface area contributed by atoms with E-state index >= 15 is 0 Å². The van der Waals surface area contributed by atoms with Gasteiger partial charge in [0.15, 0.2) is 5.96 Å². The molecule has 7 heteroatoms. The SMILES string of the molecule is CN=C(NCCCOC)NCc1cc(Br)cs1.I. The molecular weight excluding hydrogens is 429 g/mol. The molecule has 104 valence electrons. The van der Waals surface area contributed by atoms with Gasteiger partial charge in [0, 0.05) is 42.0 Å². The van der Waals surface area contributed by atoms with Crippen molar-refractivity contribution in [1.82, 2.24) is 10.6 Å². The lowest BCUT2D eigenvalue weighted by Crippen LogP contribution is -2.37. The Morgan fingerprint density at radius 1 is 1.50 bits per heavy atom. The molecule has 0 aliphatic rings. The molecular formula is C11H19BrIN3OS. The molecule has 0 aromatic carbocycles. The summed E-state index contributed by atoms with van der Waals surface area (Å²) in [5.74, 6) is 0.825. The predicted molar refractivity (Wildman–Crippen MR) is 92.1 cm³/mol. The second-order valence-electron chi connectivity index (χ2n) is 3.43. The molecule has 1 rings (SSSR count). The van der Waals surface area contributed by atoms with Gasteiger partial charge in [-0.05, 0) is 28.4 Å². The Bertz CT molecular complexity index is 360. The molecule has 0 aliphatic heterocycles. The number of ether oxygens (including phenoxy) is 1. The first-order valence-corrected chi connectivity index (χ1v) is 7.10. The first-order chi connectivity index (χ1) is 8.26. The van der Waals surface area contributed by atoms with Gasteiger partial charge in [0.05, 0.1) is 6.54 Å². The summed E-state index contributed by atoms with van der Waals surface area (Å²) >= 11 is 5.16.